The van der Waals surface area contributed by atoms with E-state index in [1.165, 1.54) is 14.0 Å². The van der Waals surface area contributed by atoms with Gasteiger partial charge in [-0.2, -0.15) is 0 Å². The number of methoxy groups -OCH3 is 1. The van der Waals surface area contributed by atoms with E-state index in [9.17, 15) is 19.5 Å². The van der Waals surface area contributed by atoms with E-state index < -0.39 is 29.6 Å². The van der Waals surface area contributed by atoms with Gasteiger partial charge in [0, 0.05) is 13.0 Å². The minimum atomic E-state index is -1.60. The van der Waals surface area contributed by atoms with Crippen molar-refractivity contribution in [1.82, 2.24) is 10.6 Å². The van der Waals surface area contributed by atoms with Crippen LogP contribution < -0.4 is 10.6 Å². The van der Waals surface area contributed by atoms with Gasteiger partial charge in [0.25, 0.3) is 0 Å². The third-order valence-corrected chi connectivity index (χ3v) is 6.52. The molecule has 2 aliphatic carbocycles. The molecule has 8 heteroatoms. The van der Waals surface area contributed by atoms with Crippen LogP contribution in [0.25, 0.3) is 11.1 Å². The molecular formula is C26H30N2O6. The predicted octanol–water partition coefficient (Wildman–Crippen LogP) is 3.30. The first-order valence-corrected chi connectivity index (χ1v) is 11.5. The Balaban J connectivity index is 1.42. The van der Waals surface area contributed by atoms with Gasteiger partial charge >= 0.3 is 12.1 Å². The van der Waals surface area contributed by atoms with E-state index in [2.05, 4.69) is 22.8 Å². The van der Waals surface area contributed by atoms with Gasteiger partial charge in [-0.25, -0.2) is 9.59 Å². The molecule has 34 heavy (non-hydrogen) atoms. The molecule has 1 saturated carbocycles. The smallest absolute Gasteiger partial charge is 0.407 e. The van der Waals surface area contributed by atoms with Gasteiger partial charge in [0.15, 0.2) is 5.54 Å². The summed E-state index contributed by atoms with van der Waals surface area (Å²) in [4.78, 5) is 37.3. The van der Waals surface area contributed by atoms with Gasteiger partial charge in [0.1, 0.15) is 12.6 Å². The molecule has 0 saturated heterocycles. The number of carboxylic acid groups (broad SMARTS) is 1. The maximum atomic E-state index is 12.9. The molecule has 2 aliphatic rings. The SMILES string of the molecule is COCC(C)(NC(=O)C(CC1CC1)NC(=O)OCC1c2ccccc2-c2ccccc21)C(=O)O. The van der Waals surface area contributed by atoms with Crippen LogP contribution in [-0.4, -0.2) is 55.0 Å². The normalized spacial score (nSPS) is 17.1. The van der Waals surface area contributed by atoms with Gasteiger partial charge in [-0.1, -0.05) is 61.4 Å². The Hall–Kier alpha value is -3.39. The summed E-state index contributed by atoms with van der Waals surface area (Å²) in [6.45, 7) is 1.31. The van der Waals surface area contributed by atoms with Gasteiger partial charge < -0.3 is 25.2 Å². The predicted molar refractivity (Wildman–Crippen MR) is 125 cm³/mol. The Morgan fingerprint density at radius 1 is 1.06 bits per heavy atom. The first-order chi connectivity index (χ1) is 16.3. The fourth-order valence-electron chi connectivity index (χ4n) is 4.50. The molecule has 8 nitrogen and oxygen atoms in total. The van der Waals surface area contributed by atoms with Gasteiger partial charge in [-0.05, 0) is 41.5 Å². The van der Waals surface area contributed by atoms with Crippen LogP contribution in [0.5, 0.6) is 0 Å². The average Bonchev–Trinajstić information content (AvgIpc) is 3.58. The van der Waals surface area contributed by atoms with E-state index in [0.29, 0.717) is 12.3 Å². The summed E-state index contributed by atoms with van der Waals surface area (Å²) in [5.74, 6) is -1.55. The summed E-state index contributed by atoms with van der Waals surface area (Å²) in [6.07, 6.45) is 1.68. The van der Waals surface area contributed by atoms with Crippen molar-refractivity contribution in [3.63, 3.8) is 0 Å². The van der Waals surface area contributed by atoms with Crippen molar-refractivity contribution in [2.24, 2.45) is 5.92 Å². The summed E-state index contributed by atoms with van der Waals surface area (Å²) in [7, 11) is 1.37. The fraction of sp³-hybridized carbons (Fsp3) is 0.423. The number of carboxylic acids is 1. The molecule has 0 aromatic heterocycles. The molecule has 1 fully saturated rings. The van der Waals surface area contributed by atoms with E-state index in [1.807, 2.05) is 36.4 Å². The Kier molecular flexibility index (Phi) is 6.88. The van der Waals surface area contributed by atoms with E-state index in [4.69, 9.17) is 9.47 Å². The highest BCUT2D eigenvalue weighted by Crippen LogP contribution is 2.44. The molecular weight excluding hydrogens is 436 g/mol. The lowest BCUT2D eigenvalue weighted by Crippen LogP contribution is -2.60. The standard InChI is InChI=1S/C26H30N2O6/c1-26(15-33-2,24(30)31)28-23(29)22(13-16-11-12-16)27-25(32)34-14-21-19-9-5-3-7-17(19)18-8-4-6-10-20(18)21/h3-10,16,21-22H,11-15H2,1-2H3,(H,27,32)(H,28,29)(H,30,31). The molecule has 2 atom stereocenters. The number of ether oxygens (including phenoxy) is 2. The zero-order chi connectivity index (χ0) is 24.3. The van der Waals surface area contributed by atoms with Gasteiger partial charge in [0.05, 0.1) is 6.61 Å². The van der Waals surface area contributed by atoms with Crippen LogP contribution in [0.4, 0.5) is 4.79 Å². The van der Waals surface area contributed by atoms with Gasteiger partial charge in [0.2, 0.25) is 5.91 Å². The maximum absolute atomic E-state index is 12.9. The van der Waals surface area contributed by atoms with E-state index in [-0.39, 0.29) is 19.1 Å². The van der Waals surface area contributed by atoms with Gasteiger partial charge in [-0.3, -0.25) is 4.79 Å². The molecule has 2 aromatic rings. The monoisotopic (exact) mass is 466 g/mol. The van der Waals surface area contributed by atoms with Crippen LogP contribution in [0.2, 0.25) is 0 Å². The summed E-state index contributed by atoms with van der Waals surface area (Å²) in [5.41, 5.74) is 2.85. The van der Waals surface area contributed by atoms with E-state index in [0.717, 1.165) is 35.1 Å². The second-order valence-corrected chi connectivity index (χ2v) is 9.26. The lowest BCUT2D eigenvalue weighted by atomic mass is 9.98. The minimum Gasteiger partial charge on any atom is -0.479 e. The van der Waals surface area contributed by atoms with Crippen molar-refractivity contribution >= 4 is 18.0 Å². The van der Waals surface area contributed by atoms with Crippen LogP contribution in [0.1, 0.15) is 43.2 Å². The molecule has 0 bridgehead atoms. The lowest BCUT2D eigenvalue weighted by molar-refractivity contribution is -0.149. The quantitative estimate of drug-likeness (QED) is 0.495. The number of amides is 2. The average molecular weight is 467 g/mol. The Morgan fingerprint density at radius 2 is 1.65 bits per heavy atom. The van der Waals surface area contributed by atoms with Crippen molar-refractivity contribution in [1.29, 1.82) is 0 Å². The van der Waals surface area contributed by atoms with Crippen molar-refractivity contribution in [2.45, 2.75) is 43.7 Å². The van der Waals surface area contributed by atoms with Crippen LogP contribution in [0.3, 0.4) is 0 Å². The largest absolute Gasteiger partial charge is 0.479 e. The number of aliphatic carboxylic acids is 1. The number of benzene rings is 2. The summed E-state index contributed by atoms with van der Waals surface area (Å²) in [5, 5.41) is 14.7. The zero-order valence-corrected chi connectivity index (χ0v) is 19.4. The Labute approximate surface area is 198 Å². The van der Waals surface area contributed by atoms with Crippen molar-refractivity contribution in [3.05, 3.63) is 59.7 Å². The molecule has 4 rings (SSSR count). The van der Waals surface area contributed by atoms with E-state index >= 15 is 0 Å². The third kappa shape index (κ3) is 5.07. The summed E-state index contributed by atoms with van der Waals surface area (Å²) < 4.78 is 10.5. The van der Waals surface area contributed by atoms with Crippen LogP contribution in [0, 0.1) is 5.92 Å². The molecule has 0 aliphatic heterocycles. The number of fused-ring (bicyclic) bond motifs is 3. The number of hydrogen-bond acceptors (Lipinski definition) is 5. The highest BCUT2D eigenvalue weighted by atomic mass is 16.5. The van der Waals surface area contributed by atoms with Crippen LogP contribution in [-0.2, 0) is 19.1 Å². The topological polar surface area (TPSA) is 114 Å². The highest BCUT2D eigenvalue weighted by molar-refractivity contribution is 5.91. The molecule has 2 aromatic carbocycles. The summed E-state index contributed by atoms with van der Waals surface area (Å²) in [6, 6.07) is 15.2. The van der Waals surface area contributed by atoms with E-state index in [1.54, 1.807) is 0 Å². The first kappa shape index (κ1) is 23.8. The van der Waals surface area contributed by atoms with Crippen molar-refractivity contribution in [2.75, 3.05) is 20.3 Å². The second-order valence-electron chi connectivity index (χ2n) is 9.26. The zero-order valence-electron chi connectivity index (χ0n) is 19.4. The van der Waals surface area contributed by atoms with Crippen molar-refractivity contribution < 1.29 is 29.0 Å². The third-order valence-electron chi connectivity index (χ3n) is 6.52. The van der Waals surface area contributed by atoms with Crippen LogP contribution >= 0.6 is 0 Å². The number of rotatable bonds is 10. The van der Waals surface area contributed by atoms with Gasteiger partial charge in [-0.15, -0.1) is 0 Å². The Bertz CT molecular complexity index is 1040. The molecule has 2 amide bonds. The number of alkyl carbamates (subject to hydrolysis) is 1. The maximum Gasteiger partial charge on any atom is 0.407 e. The fourth-order valence-corrected chi connectivity index (χ4v) is 4.50. The Morgan fingerprint density at radius 3 is 2.18 bits per heavy atom. The molecule has 3 N–H and O–H groups in total. The molecule has 0 radical (unpaired) electrons. The number of carbonyl (C=O) groups excluding carboxylic acids is 2. The van der Waals surface area contributed by atoms with Crippen molar-refractivity contribution in [3.8, 4) is 11.1 Å². The highest BCUT2D eigenvalue weighted by Gasteiger charge is 2.39. The molecule has 180 valence electrons. The number of nitrogens with one attached hydrogen (secondary N) is 2. The lowest BCUT2D eigenvalue weighted by Gasteiger charge is -2.28. The second kappa shape index (κ2) is 9.85. The number of hydrogen-bond donors (Lipinski definition) is 3. The number of carbonyl (C=O) groups is 3. The minimum absolute atomic E-state index is 0.0918. The first-order valence-electron chi connectivity index (χ1n) is 11.5. The molecule has 0 heterocycles. The molecule has 0 spiro atoms. The summed E-state index contributed by atoms with van der Waals surface area (Å²) >= 11 is 0. The molecule has 2 unspecified atom stereocenters. The van der Waals surface area contributed by atoms with Crippen LogP contribution in [0.15, 0.2) is 48.5 Å².